The van der Waals surface area contributed by atoms with E-state index in [1.807, 2.05) is 6.07 Å². The van der Waals surface area contributed by atoms with E-state index in [1.54, 1.807) is 0 Å². The molecule has 0 spiro atoms. The van der Waals surface area contributed by atoms with Crippen molar-refractivity contribution in [1.82, 2.24) is 0 Å². The normalized spacial score (nSPS) is 10.8. The Hall–Kier alpha value is -2.59. The van der Waals surface area contributed by atoms with Gasteiger partial charge in [-0.2, -0.15) is 5.26 Å². The lowest BCUT2D eigenvalue weighted by molar-refractivity contribution is 0.572. The molecule has 0 aromatic heterocycles. The summed E-state index contributed by atoms with van der Waals surface area (Å²) in [5, 5.41) is 8.66. The molecule has 102 valence electrons. The fraction of sp³-hybridized carbons (Fsp3) is 0. The number of nitrogens with one attached hydrogen (secondary N) is 1. The molecule has 2 aromatic rings. The van der Waals surface area contributed by atoms with Gasteiger partial charge in [0.05, 0.1) is 17.3 Å². The van der Waals surface area contributed by atoms with E-state index >= 15 is 0 Å². The first-order valence-electron chi connectivity index (χ1n) is 5.51. The number of hydrogen-bond acceptors (Lipinski definition) is 4. The monoisotopic (exact) mass is 291 g/mol. The van der Waals surface area contributed by atoms with Crippen LogP contribution in [0.3, 0.4) is 0 Å². The van der Waals surface area contributed by atoms with E-state index in [0.717, 1.165) is 6.07 Å². The van der Waals surface area contributed by atoms with Gasteiger partial charge in [-0.1, -0.05) is 6.07 Å². The van der Waals surface area contributed by atoms with Crippen LogP contribution in [0.5, 0.6) is 0 Å². The van der Waals surface area contributed by atoms with E-state index in [9.17, 15) is 12.8 Å². The molecule has 3 N–H and O–H groups in total. The SMILES string of the molecule is N#Cc1ccc(NS(=O)(=O)c2c(N)cccc2F)cc1. The molecule has 20 heavy (non-hydrogen) atoms. The average molecular weight is 291 g/mol. The van der Waals surface area contributed by atoms with Gasteiger partial charge < -0.3 is 5.73 Å². The van der Waals surface area contributed by atoms with Crippen molar-refractivity contribution in [1.29, 1.82) is 5.26 Å². The van der Waals surface area contributed by atoms with Crippen LogP contribution in [0.25, 0.3) is 0 Å². The van der Waals surface area contributed by atoms with Gasteiger partial charge in [0.2, 0.25) is 0 Å². The lowest BCUT2D eigenvalue weighted by atomic mass is 10.2. The highest BCUT2D eigenvalue weighted by molar-refractivity contribution is 7.92. The smallest absolute Gasteiger partial charge is 0.266 e. The van der Waals surface area contributed by atoms with Gasteiger partial charge in [-0.15, -0.1) is 0 Å². The molecule has 0 aliphatic heterocycles. The van der Waals surface area contributed by atoms with Crippen LogP contribution in [0.2, 0.25) is 0 Å². The first-order valence-corrected chi connectivity index (χ1v) is 6.99. The zero-order valence-electron chi connectivity index (χ0n) is 10.2. The molecule has 0 unspecified atom stereocenters. The second-order valence-corrected chi connectivity index (χ2v) is 5.57. The standard InChI is InChI=1S/C13H10FN3O2S/c14-11-2-1-3-12(16)13(11)20(18,19)17-10-6-4-9(8-15)5-7-10/h1-7,17H,16H2. The van der Waals surface area contributed by atoms with Gasteiger partial charge >= 0.3 is 0 Å². The molecule has 0 heterocycles. The van der Waals surface area contributed by atoms with Crippen LogP contribution in [-0.2, 0) is 10.0 Å². The highest BCUT2D eigenvalue weighted by Crippen LogP contribution is 2.24. The molecule has 0 aliphatic carbocycles. The summed E-state index contributed by atoms with van der Waals surface area (Å²) in [5.74, 6) is -0.925. The molecule has 7 heteroatoms. The summed E-state index contributed by atoms with van der Waals surface area (Å²) in [6.07, 6.45) is 0. The van der Waals surface area contributed by atoms with Crippen molar-refractivity contribution in [3.63, 3.8) is 0 Å². The van der Waals surface area contributed by atoms with Gasteiger partial charge in [0.15, 0.2) is 0 Å². The zero-order valence-corrected chi connectivity index (χ0v) is 11.0. The number of nitrogens with zero attached hydrogens (tertiary/aromatic N) is 1. The number of nitriles is 1. The first kappa shape index (κ1) is 13.8. The molecule has 0 saturated heterocycles. The summed E-state index contributed by atoms with van der Waals surface area (Å²) in [6, 6.07) is 11.3. The van der Waals surface area contributed by atoms with Crippen LogP contribution >= 0.6 is 0 Å². The molecular formula is C13H10FN3O2S. The number of hydrogen-bond donors (Lipinski definition) is 2. The van der Waals surface area contributed by atoms with Crippen molar-refractivity contribution in [2.24, 2.45) is 0 Å². The minimum Gasteiger partial charge on any atom is -0.398 e. The summed E-state index contributed by atoms with van der Waals surface area (Å²) in [6.45, 7) is 0. The highest BCUT2D eigenvalue weighted by Gasteiger charge is 2.22. The third-order valence-electron chi connectivity index (χ3n) is 2.53. The second kappa shape index (κ2) is 5.19. The van der Waals surface area contributed by atoms with Crippen molar-refractivity contribution in [2.75, 3.05) is 10.5 Å². The molecule has 0 atom stereocenters. The largest absolute Gasteiger partial charge is 0.398 e. The zero-order chi connectivity index (χ0) is 14.8. The number of halogens is 1. The molecule has 0 amide bonds. The third kappa shape index (κ3) is 2.70. The van der Waals surface area contributed by atoms with Crippen LogP contribution in [0.15, 0.2) is 47.4 Å². The highest BCUT2D eigenvalue weighted by atomic mass is 32.2. The van der Waals surface area contributed by atoms with Crippen molar-refractivity contribution in [3.8, 4) is 6.07 Å². The maximum atomic E-state index is 13.6. The molecule has 2 rings (SSSR count). The van der Waals surface area contributed by atoms with Crippen molar-refractivity contribution in [2.45, 2.75) is 4.90 Å². The molecule has 0 aliphatic rings. The maximum Gasteiger partial charge on any atom is 0.266 e. The lowest BCUT2D eigenvalue weighted by Gasteiger charge is -2.10. The molecule has 2 aromatic carbocycles. The summed E-state index contributed by atoms with van der Waals surface area (Å²) < 4.78 is 40.0. The number of nitrogen functional groups attached to an aromatic ring is 1. The Morgan fingerprint density at radius 2 is 1.80 bits per heavy atom. The Kier molecular flexibility index (Phi) is 3.59. The Morgan fingerprint density at radius 3 is 2.35 bits per heavy atom. The minimum atomic E-state index is -4.13. The Balaban J connectivity index is 2.39. The van der Waals surface area contributed by atoms with Crippen LogP contribution in [0.4, 0.5) is 15.8 Å². The summed E-state index contributed by atoms with van der Waals surface area (Å²) >= 11 is 0. The fourth-order valence-corrected chi connectivity index (χ4v) is 2.88. The average Bonchev–Trinajstić information content (AvgIpc) is 2.38. The van der Waals surface area contributed by atoms with Gasteiger partial charge in [0.25, 0.3) is 10.0 Å². The van der Waals surface area contributed by atoms with Crippen LogP contribution in [0.1, 0.15) is 5.56 Å². The summed E-state index contributed by atoms with van der Waals surface area (Å²) in [4.78, 5) is -0.593. The number of benzene rings is 2. The molecule has 0 radical (unpaired) electrons. The quantitative estimate of drug-likeness (QED) is 0.846. The topological polar surface area (TPSA) is 96.0 Å². The third-order valence-corrected chi connectivity index (χ3v) is 4.00. The molecule has 5 nitrogen and oxygen atoms in total. The van der Waals surface area contributed by atoms with Gasteiger partial charge in [-0.3, -0.25) is 4.72 Å². The Labute approximate surface area is 115 Å². The van der Waals surface area contributed by atoms with E-state index in [2.05, 4.69) is 4.72 Å². The van der Waals surface area contributed by atoms with Gasteiger partial charge in [-0.25, -0.2) is 12.8 Å². The van der Waals surface area contributed by atoms with E-state index < -0.39 is 20.7 Å². The van der Waals surface area contributed by atoms with Crippen LogP contribution in [0, 0.1) is 17.1 Å². The van der Waals surface area contributed by atoms with E-state index in [-0.39, 0.29) is 11.4 Å². The van der Waals surface area contributed by atoms with E-state index in [4.69, 9.17) is 11.0 Å². The summed E-state index contributed by atoms with van der Waals surface area (Å²) in [5.41, 5.74) is 5.93. The van der Waals surface area contributed by atoms with E-state index in [0.29, 0.717) is 5.56 Å². The number of sulfonamides is 1. The maximum absolute atomic E-state index is 13.6. The Morgan fingerprint density at radius 1 is 1.15 bits per heavy atom. The van der Waals surface area contributed by atoms with Gasteiger partial charge in [-0.05, 0) is 36.4 Å². The molecular weight excluding hydrogens is 281 g/mol. The second-order valence-electron chi connectivity index (χ2n) is 3.95. The fourth-order valence-electron chi connectivity index (χ4n) is 1.63. The summed E-state index contributed by atoms with van der Waals surface area (Å²) in [7, 11) is -4.13. The van der Waals surface area contributed by atoms with Crippen molar-refractivity contribution in [3.05, 3.63) is 53.8 Å². The van der Waals surface area contributed by atoms with Gasteiger partial charge in [0.1, 0.15) is 10.7 Å². The lowest BCUT2D eigenvalue weighted by Crippen LogP contribution is -2.16. The number of anilines is 2. The van der Waals surface area contributed by atoms with Gasteiger partial charge in [0, 0.05) is 5.69 Å². The molecule has 0 fully saturated rings. The van der Waals surface area contributed by atoms with Crippen molar-refractivity contribution >= 4 is 21.4 Å². The Bertz CT molecular complexity index is 760. The van der Waals surface area contributed by atoms with Crippen LogP contribution in [-0.4, -0.2) is 8.42 Å². The number of rotatable bonds is 3. The van der Waals surface area contributed by atoms with E-state index in [1.165, 1.54) is 36.4 Å². The van der Waals surface area contributed by atoms with Crippen molar-refractivity contribution < 1.29 is 12.8 Å². The first-order chi connectivity index (χ1) is 9.44. The minimum absolute atomic E-state index is 0.175. The molecule has 0 bridgehead atoms. The number of nitrogens with two attached hydrogens (primary N) is 1. The van der Waals surface area contributed by atoms with Crippen LogP contribution < -0.4 is 10.5 Å². The predicted molar refractivity (Wildman–Crippen MR) is 72.8 cm³/mol. The predicted octanol–water partition coefficient (Wildman–Crippen LogP) is 2.08. The molecule has 0 saturated carbocycles.